The minimum absolute atomic E-state index is 0.339. The number of rotatable bonds is 5. The minimum Gasteiger partial charge on any atom is -0.508 e. The van der Waals surface area contributed by atoms with Crippen molar-refractivity contribution in [1.82, 2.24) is 10.2 Å². The Kier molecular flexibility index (Phi) is 5.44. The van der Waals surface area contributed by atoms with Crippen molar-refractivity contribution in [1.29, 1.82) is 0 Å². The summed E-state index contributed by atoms with van der Waals surface area (Å²) < 4.78 is 0. The first-order valence-electron chi connectivity index (χ1n) is 7.86. The highest BCUT2D eigenvalue weighted by Crippen LogP contribution is 2.25. The van der Waals surface area contributed by atoms with Gasteiger partial charge in [0.1, 0.15) is 5.75 Å². The smallest absolute Gasteiger partial charge is 0.115 e. The van der Waals surface area contributed by atoms with Crippen molar-refractivity contribution in [2.75, 3.05) is 13.1 Å². The molecule has 0 radical (unpaired) electrons. The predicted octanol–water partition coefficient (Wildman–Crippen LogP) is 3.31. The number of nitrogens with zero attached hydrogens (tertiary/aromatic N) is 1. The van der Waals surface area contributed by atoms with Gasteiger partial charge in [0.2, 0.25) is 0 Å². The van der Waals surface area contributed by atoms with Gasteiger partial charge in [0.05, 0.1) is 0 Å². The molecule has 0 aliphatic carbocycles. The molecule has 1 heterocycles. The number of hydrogen-bond donors (Lipinski definition) is 2. The van der Waals surface area contributed by atoms with E-state index in [1.54, 1.807) is 12.1 Å². The van der Waals surface area contributed by atoms with E-state index in [2.05, 4.69) is 31.0 Å². The molecule has 20 heavy (non-hydrogen) atoms. The molecule has 0 aromatic heterocycles. The molecule has 1 aliphatic heterocycles. The van der Waals surface area contributed by atoms with Crippen molar-refractivity contribution in [3.8, 4) is 5.75 Å². The zero-order valence-corrected chi connectivity index (χ0v) is 13.0. The van der Waals surface area contributed by atoms with Gasteiger partial charge < -0.3 is 10.4 Å². The Bertz CT molecular complexity index is 396. The van der Waals surface area contributed by atoms with Gasteiger partial charge in [-0.05, 0) is 57.9 Å². The molecule has 1 aromatic rings. The van der Waals surface area contributed by atoms with E-state index >= 15 is 0 Å². The van der Waals surface area contributed by atoms with Crippen molar-refractivity contribution in [3.05, 3.63) is 29.8 Å². The summed E-state index contributed by atoms with van der Waals surface area (Å²) in [7, 11) is 0. The Morgan fingerprint density at radius 3 is 2.45 bits per heavy atom. The summed E-state index contributed by atoms with van der Waals surface area (Å²) in [5, 5.41) is 13.1. The monoisotopic (exact) mass is 276 g/mol. The third-order valence-corrected chi connectivity index (χ3v) is 4.38. The van der Waals surface area contributed by atoms with Crippen LogP contribution in [-0.2, 0) is 0 Å². The maximum absolute atomic E-state index is 9.42. The topological polar surface area (TPSA) is 35.5 Å². The summed E-state index contributed by atoms with van der Waals surface area (Å²) in [4.78, 5) is 2.55. The first-order chi connectivity index (χ1) is 9.58. The fourth-order valence-corrected chi connectivity index (χ4v) is 3.09. The van der Waals surface area contributed by atoms with Crippen molar-refractivity contribution in [3.63, 3.8) is 0 Å². The van der Waals surface area contributed by atoms with Crippen LogP contribution < -0.4 is 5.32 Å². The van der Waals surface area contributed by atoms with Crippen LogP contribution in [0.25, 0.3) is 0 Å². The van der Waals surface area contributed by atoms with E-state index in [9.17, 15) is 5.11 Å². The lowest BCUT2D eigenvalue weighted by Crippen LogP contribution is -2.46. The van der Waals surface area contributed by atoms with Gasteiger partial charge in [-0.25, -0.2) is 0 Å². The van der Waals surface area contributed by atoms with Gasteiger partial charge in [-0.15, -0.1) is 0 Å². The average Bonchev–Trinajstić information content (AvgIpc) is 2.45. The van der Waals surface area contributed by atoms with Crippen LogP contribution >= 0.6 is 0 Å². The number of aromatic hydroxyl groups is 1. The van der Waals surface area contributed by atoms with E-state index in [1.165, 1.54) is 24.8 Å². The largest absolute Gasteiger partial charge is 0.508 e. The summed E-state index contributed by atoms with van der Waals surface area (Å²) in [5.74, 6) is 0.339. The Labute approximate surface area is 123 Å². The Morgan fingerprint density at radius 1 is 1.20 bits per heavy atom. The van der Waals surface area contributed by atoms with Crippen LogP contribution in [0.1, 0.15) is 51.6 Å². The fraction of sp³-hybridized carbons (Fsp3) is 0.647. The van der Waals surface area contributed by atoms with Gasteiger partial charge in [0, 0.05) is 24.7 Å². The highest BCUT2D eigenvalue weighted by molar-refractivity contribution is 5.27. The standard InChI is InChI=1S/C17H28N2O/c1-13(2)19(12-16-6-4-5-11-18-16)14(3)15-7-9-17(20)10-8-15/h7-10,13-14,16,18,20H,4-6,11-12H2,1-3H3. The van der Waals surface area contributed by atoms with E-state index < -0.39 is 0 Å². The van der Waals surface area contributed by atoms with Gasteiger partial charge in [0.15, 0.2) is 0 Å². The van der Waals surface area contributed by atoms with Crippen LogP contribution in [0.15, 0.2) is 24.3 Å². The van der Waals surface area contributed by atoms with Crippen molar-refractivity contribution < 1.29 is 5.11 Å². The number of nitrogens with one attached hydrogen (secondary N) is 1. The number of benzene rings is 1. The van der Waals surface area contributed by atoms with Crippen LogP contribution in [0.3, 0.4) is 0 Å². The molecule has 2 rings (SSSR count). The van der Waals surface area contributed by atoms with E-state index in [4.69, 9.17) is 0 Å². The molecule has 2 atom stereocenters. The molecule has 3 heteroatoms. The second kappa shape index (κ2) is 7.09. The quantitative estimate of drug-likeness (QED) is 0.866. The molecular weight excluding hydrogens is 248 g/mol. The highest BCUT2D eigenvalue weighted by atomic mass is 16.3. The summed E-state index contributed by atoms with van der Waals surface area (Å²) in [6.45, 7) is 9.04. The lowest BCUT2D eigenvalue weighted by Gasteiger charge is -2.37. The molecule has 2 N–H and O–H groups in total. The van der Waals surface area contributed by atoms with Gasteiger partial charge in [0.25, 0.3) is 0 Å². The normalized spacial score (nSPS) is 21.4. The third kappa shape index (κ3) is 3.97. The minimum atomic E-state index is 0.339. The van der Waals surface area contributed by atoms with Gasteiger partial charge in [-0.1, -0.05) is 18.6 Å². The zero-order valence-electron chi connectivity index (χ0n) is 13.0. The van der Waals surface area contributed by atoms with E-state index in [0.717, 1.165) is 13.1 Å². The van der Waals surface area contributed by atoms with E-state index in [0.29, 0.717) is 23.9 Å². The van der Waals surface area contributed by atoms with Crippen LogP contribution in [-0.4, -0.2) is 35.2 Å². The molecule has 0 saturated carbocycles. The van der Waals surface area contributed by atoms with Crippen LogP contribution in [0.4, 0.5) is 0 Å². The Hall–Kier alpha value is -1.06. The molecule has 112 valence electrons. The average molecular weight is 276 g/mol. The maximum Gasteiger partial charge on any atom is 0.115 e. The van der Waals surface area contributed by atoms with E-state index in [-0.39, 0.29) is 0 Å². The second-order valence-electron chi connectivity index (χ2n) is 6.20. The molecule has 2 unspecified atom stereocenters. The molecule has 0 spiro atoms. The highest BCUT2D eigenvalue weighted by Gasteiger charge is 2.23. The molecule has 1 fully saturated rings. The van der Waals surface area contributed by atoms with Gasteiger partial charge >= 0.3 is 0 Å². The van der Waals surface area contributed by atoms with Crippen molar-refractivity contribution in [2.24, 2.45) is 0 Å². The van der Waals surface area contributed by atoms with Gasteiger partial charge in [-0.3, -0.25) is 4.90 Å². The first-order valence-corrected chi connectivity index (χ1v) is 7.86. The Morgan fingerprint density at radius 2 is 1.90 bits per heavy atom. The summed E-state index contributed by atoms with van der Waals surface area (Å²) in [6, 6.07) is 9.13. The molecule has 1 aromatic carbocycles. The number of piperidine rings is 1. The van der Waals surface area contributed by atoms with E-state index in [1.807, 2.05) is 12.1 Å². The van der Waals surface area contributed by atoms with Crippen LogP contribution in [0.5, 0.6) is 5.75 Å². The van der Waals surface area contributed by atoms with Crippen LogP contribution in [0.2, 0.25) is 0 Å². The number of phenolic OH excluding ortho intramolecular Hbond substituents is 1. The van der Waals surface area contributed by atoms with Crippen LogP contribution in [0, 0.1) is 0 Å². The van der Waals surface area contributed by atoms with Crippen molar-refractivity contribution >= 4 is 0 Å². The molecule has 0 amide bonds. The van der Waals surface area contributed by atoms with Gasteiger partial charge in [-0.2, -0.15) is 0 Å². The summed E-state index contributed by atoms with van der Waals surface area (Å²) >= 11 is 0. The maximum atomic E-state index is 9.42. The lowest BCUT2D eigenvalue weighted by atomic mass is 10.0. The molecule has 1 aliphatic rings. The SMILES string of the molecule is CC(C)N(CC1CCCCN1)C(C)c1ccc(O)cc1. The number of phenols is 1. The molecule has 1 saturated heterocycles. The predicted molar refractivity (Wildman–Crippen MR) is 84.0 cm³/mol. The van der Waals surface area contributed by atoms with Crippen molar-refractivity contribution in [2.45, 2.75) is 58.2 Å². The first kappa shape index (κ1) is 15.3. The third-order valence-electron chi connectivity index (χ3n) is 4.38. The summed E-state index contributed by atoms with van der Waals surface area (Å²) in [6.07, 6.45) is 3.94. The summed E-state index contributed by atoms with van der Waals surface area (Å²) in [5.41, 5.74) is 1.27. The fourth-order valence-electron chi connectivity index (χ4n) is 3.09. The molecule has 0 bridgehead atoms. The molecular formula is C17H28N2O. The second-order valence-corrected chi connectivity index (χ2v) is 6.20. The number of hydrogen-bond acceptors (Lipinski definition) is 3. The lowest BCUT2D eigenvalue weighted by molar-refractivity contribution is 0.138. The Balaban J connectivity index is 2.04. The zero-order chi connectivity index (χ0) is 14.5. The molecule has 3 nitrogen and oxygen atoms in total.